The summed E-state index contributed by atoms with van der Waals surface area (Å²) < 4.78 is 5.92. The fourth-order valence-corrected chi connectivity index (χ4v) is 3.75. The predicted molar refractivity (Wildman–Crippen MR) is 93.7 cm³/mol. The third-order valence-electron chi connectivity index (χ3n) is 4.69. The minimum atomic E-state index is 0.198. The highest BCUT2D eigenvalue weighted by Gasteiger charge is 2.17. The molecule has 0 radical (unpaired) electrons. The van der Waals surface area contributed by atoms with Gasteiger partial charge in [0, 0.05) is 17.0 Å². The van der Waals surface area contributed by atoms with E-state index in [4.69, 9.17) is 16.3 Å². The van der Waals surface area contributed by atoms with Crippen LogP contribution < -0.4 is 0 Å². The highest BCUT2D eigenvalue weighted by molar-refractivity contribution is 6.36. The number of fused-ring (bicyclic) bond motifs is 2. The van der Waals surface area contributed by atoms with Gasteiger partial charge in [-0.05, 0) is 77.7 Å². The lowest BCUT2D eigenvalue weighted by Gasteiger charge is -2.23. The number of benzene rings is 3. The maximum absolute atomic E-state index is 6.58. The van der Waals surface area contributed by atoms with Crippen LogP contribution >= 0.6 is 11.6 Å². The zero-order valence-electron chi connectivity index (χ0n) is 12.7. The Balaban J connectivity index is 1.91. The molecule has 1 saturated heterocycles. The Kier molecular flexibility index (Phi) is 3.56. The Morgan fingerprint density at radius 1 is 1.00 bits per heavy atom. The molecule has 4 rings (SSSR count). The van der Waals surface area contributed by atoms with E-state index in [1.165, 1.54) is 40.1 Å². The summed E-state index contributed by atoms with van der Waals surface area (Å²) in [4.78, 5) is 0. The lowest BCUT2D eigenvalue weighted by atomic mass is 9.95. The third-order valence-corrected chi connectivity index (χ3v) is 5.01. The van der Waals surface area contributed by atoms with E-state index < -0.39 is 0 Å². The van der Waals surface area contributed by atoms with Gasteiger partial charge in [0.2, 0.25) is 0 Å². The van der Waals surface area contributed by atoms with Crippen molar-refractivity contribution in [3.05, 3.63) is 58.6 Å². The van der Waals surface area contributed by atoms with Crippen molar-refractivity contribution < 1.29 is 4.74 Å². The minimum absolute atomic E-state index is 0.198. The van der Waals surface area contributed by atoms with Gasteiger partial charge >= 0.3 is 0 Å². The van der Waals surface area contributed by atoms with Crippen LogP contribution in [0.1, 0.15) is 36.5 Å². The molecule has 1 unspecified atom stereocenters. The van der Waals surface area contributed by atoms with Crippen LogP contribution in [0.4, 0.5) is 0 Å². The quantitative estimate of drug-likeness (QED) is 0.486. The molecule has 112 valence electrons. The molecule has 0 bridgehead atoms. The van der Waals surface area contributed by atoms with Gasteiger partial charge in [-0.15, -0.1) is 0 Å². The van der Waals surface area contributed by atoms with Crippen LogP contribution in [0.3, 0.4) is 0 Å². The van der Waals surface area contributed by atoms with E-state index in [0.717, 1.165) is 23.4 Å². The lowest BCUT2D eigenvalue weighted by molar-refractivity contribution is 0.0150. The Bertz CT molecular complexity index is 847. The maximum atomic E-state index is 6.58. The Morgan fingerprint density at radius 2 is 1.91 bits per heavy atom. The highest BCUT2D eigenvalue weighted by atomic mass is 35.5. The number of aryl methyl sites for hydroxylation is 1. The first-order chi connectivity index (χ1) is 10.7. The summed E-state index contributed by atoms with van der Waals surface area (Å²) in [6.07, 6.45) is 3.69. The first-order valence-electron chi connectivity index (χ1n) is 7.96. The van der Waals surface area contributed by atoms with Crippen LogP contribution in [0.5, 0.6) is 0 Å². The molecule has 0 spiro atoms. The molecule has 1 aliphatic rings. The predicted octanol–water partition coefficient (Wildman–Crippen LogP) is 6.20. The second-order valence-electron chi connectivity index (χ2n) is 6.23. The summed E-state index contributed by atoms with van der Waals surface area (Å²) >= 11 is 6.58. The van der Waals surface area contributed by atoms with Crippen molar-refractivity contribution in [3.8, 4) is 0 Å². The van der Waals surface area contributed by atoms with E-state index in [2.05, 4.69) is 49.4 Å². The molecule has 1 fully saturated rings. The summed E-state index contributed by atoms with van der Waals surface area (Å²) in [6.45, 7) is 3.00. The summed E-state index contributed by atoms with van der Waals surface area (Å²) in [5, 5.41) is 5.70. The number of rotatable bonds is 1. The largest absolute Gasteiger partial charge is 0.374 e. The fourth-order valence-electron chi connectivity index (χ4n) is 3.46. The SMILES string of the molecule is Cc1cccc2cc3cc(C4CCCCO4)cc(Cl)c3cc12. The first-order valence-corrected chi connectivity index (χ1v) is 8.34. The Labute approximate surface area is 135 Å². The normalized spacial score (nSPS) is 18.9. The lowest BCUT2D eigenvalue weighted by Crippen LogP contribution is -2.11. The van der Waals surface area contributed by atoms with E-state index in [1.54, 1.807) is 0 Å². The molecule has 0 amide bonds. The second kappa shape index (κ2) is 5.57. The first kappa shape index (κ1) is 14.0. The molecule has 3 aromatic rings. The number of halogens is 1. The molecule has 0 aliphatic carbocycles. The van der Waals surface area contributed by atoms with E-state index in [9.17, 15) is 0 Å². The smallest absolute Gasteiger partial charge is 0.0825 e. The number of hydrogen-bond donors (Lipinski definition) is 0. The summed E-state index contributed by atoms with van der Waals surface area (Å²) in [5.41, 5.74) is 2.50. The molecule has 1 aliphatic heterocycles. The molecule has 2 heteroatoms. The summed E-state index contributed by atoms with van der Waals surface area (Å²) in [6, 6.07) is 15.2. The highest BCUT2D eigenvalue weighted by Crippen LogP contribution is 2.35. The van der Waals surface area contributed by atoms with Crippen molar-refractivity contribution in [2.24, 2.45) is 0 Å². The van der Waals surface area contributed by atoms with Crippen LogP contribution in [-0.2, 0) is 4.74 Å². The number of hydrogen-bond acceptors (Lipinski definition) is 1. The van der Waals surface area contributed by atoms with Gasteiger partial charge in [-0.1, -0.05) is 29.8 Å². The van der Waals surface area contributed by atoms with Gasteiger partial charge in [0.15, 0.2) is 0 Å². The van der Waals surface area contributed by atoms with Gasteiger partial charge in [0.05, 0.1) is 6.10 Å². The van der Waals surface area contributed by atoms with Gasteiger partial charge < -0.3 is 4.74 Å². The van der Waals surface area contributed by atoms with E-state index in [1.807, 2.05) is 0 Å². The third kappa shape index (κ3) is 2.39. The molecule has 1 atom stereocenters. The average molecular weight is 311 g/mol. The van der Waals surface area contributed by atoms with Crippen molar-refractivity contribution >= 4 is 33.1 Å². The van der Waals surface area contributed by atoms with Crippen LogP contribution in [0.2, 0.25) is 5.02 Å². The molecule has 0 saturated carbocycles. The van der Waals surface area contributed by atoms with Crippen LogP contribution in [0, 0.1) is 6.92 Å². The van der Waals surface area contributed by atoms with E-state index >= 15 is 0 Å². The Morgan fingerprint density at radius 3 is 2.73 bits per heavy atom. The summed E-state index contributed by atoms with van der Waals surface area (Å²) in [7, 11) is 0. The Hall–Kier alpha value is -1.57. The van der Waals surface area contributed by atoms with Gasteiger partial charge in [-0.3, -0.25) is 0 Å². The van der Waals surface area contributed by atoms with Crippen molar-refractivity contribution in [3.63, 3.8) is 0 Å². The molecule has 0 aromatic heterocycles. The van der Waals surface area contributed by atoms with Crippen LogP contribution in [0.15, 0.2) is 42.5 Å². The minimum Gasteiger partial charge on any atom is -0.374 e. The standard InChI is InChI=1S/C20H19ClO/c1-13-5-4-6-14-9-15-10-16(20-7-2-3-8-22-20)11-19(21)18(15)12-17(13)14/h4-6,9-12,20H,2-3,7-8H2,1H3. The fraction of sp³-hybridized carbons (Fsp3) is 0.300. The van der Waals surface area contributed by atoms with Crippen LogP contribution in [-0.4, -0.2) is 6.61 Å². The molecular weight excluding hydrogens is 292 g/mol. The van der Waals surface area contributed by atoms with E-state index in [-0.39, 0.29) is 6.10 Å². The zero-order chi connectivity index (χ0) is 15.1. The molecule has 1 heterocycles. The summed E-state index contributed by atoms with van der Waals surface area (Å²) in [5.74, 6) is 0. The molecule has 3 aromatic carbocycles. The van der Waals surface area contributed by atoms with Gasteiger partial charge in [0.1, 0.15) is 0 Å². The molecule has 1 nitrogen and oxygen atoms in total. The monoisotopic (exact) mass is 310 g/mol. The topological polar surface area (TPSA) is 9.23 Å². The average Bonchev–Trinajstić information content (AvgIpc) is 2.55. The van der Waals surface area contributed by atoms with Gasteiger partial charge in [0.25, 0.3) is 0 Å². The van der Waals surface area contributed by atoms with Crippen molar-refractivity contribution in [2.45, 2.75) is 32.3 Å². The van der Waals surface area contributed by atoms with Crippen molar-refractivity contribution in [1.82, 2.24) is 0 Å². The maximum Gasteiger partial charge on any atom is 0.0825 e. The molecule has 0 N–H and O–H groups in total. The van der Waals surface area contributed by atoms with E-state index in [0.29, 0.717) is 0 Å². The number of ether oxygens (including phenoxy) is 1. The van der Waals surface area contributed by atoms with Gasteiger partial charge in [-0.2, -0.15) is 0 Å². The molecular formula is C20H19ClO. The zero-order valence-corrected chi connectivity index (χ0v) is 13.5. The van der Waals surface area contributed by atoms with Crippen molar-refractivity contribution in [1.29, 1.82) is 0 Å². The van der Waals surface area contributed by atoms with Gasteiger partial charge in [-0.25, -0.2) is 0 Å². The van der Waals surface area contributed by atoms with Crippen molar-refractivity contribution in [2.75, 3.05) is 6.61 Å². The second-order valence-corrected chi connectivity index (χ2v) is 6.63. The van der Waals surface area contributed by atoms with Crippen LogP contribution in [0.25, 0.3) is 21.5 Å². The molecule has 22 heavy (non-hydrogen) atoms.